The molecule has 16 heavy (non-hydrogen) atoms. The lowest BCUT2D eigenvalue weighted by Gasteiger charge is -2.05. The number of hydrogen-bond donors (Lipinski definition) is 2. The molecule has 0 amide bonds. The molecule has 0 spiro atoms. The fraction of sp³-hybridized carbons (Fsp3) is 0.250. The van der Waals surface area contributed by atoms with E-state index in [1.807, 2.05) is 32.0 Å². The average Bonchev–Trinajstić information content (AvgIpc) is 2.59. The van der Waals surface area contributed by atoms with Crippen LogP contribution in [0.3, 0.4) is 0 Å². The van der Waals surface area contributed by atoms with Crippen LogP contribution in [0.5, 0.6) is 0 Å². The van der Waals surface area contributed by atoms with E-state index in [0.717, 1.165) is 33.8 Å². The molecule has 84 valence electrons. The van der Waals surface area contributed by atoms with E-state index in [1.54, 1.807) is 0 Å². The summed E-state index contributed by atoms with van der Waals surface area (Å²) in [6.07, 6.45) is 0.835. The minimum absolute atomic E-state index is 0.550. The van der Waals surface area contributed by atoms with Crippen LogP contribution in [0.2, 0.25) is 5.02 Å². The van der Waals surface area contributed by atoms with Gasteiger partial charge < -0.3 is 5.73 Å². The Bertz CT molecular complexity index is 517. The van der Waals surface area contributed by atoms with E-state index >= 15 is 0 Å². The van der Waals surface area contributed by atoms with Crippen molar-refractivity contribution in [2.24, 2.45) is 0 Å². The summed E-state index contributed by atoms with van der Waals surface area (Å²) in [6, 6.07) is 5.95. The normalized spacial score (nSPS) is 10.7. The first-order valence-corrected chi connectivity index (χ1v) is 5.60. The van der Waals surface area contributed by atoms with E-state index in [2.05, 4.69) is 10.2 Å². The van der Waals surface area contributed by atoms with Crippen LogP contribution in [-0.2, 0) is 6.42 Å². The van der Waals surface area contributed by atoms with E-state index in [9.17, 15) is 0 Å². The Balaban J connectivity index is 2.58. The Labute approximate surface area is 99.6 Å². The number of aromatic amines is 1. The number of anilines is 1. The first-order chi connectivity index (χ1) is 7.63. The van der Waals surface area contributed by atoms with E-state index in [-0.39, 0.29) is 0 Å². The topological polar surface area (TPSA) is 54.7 Å². The first-order valence-electron chi connectivity index (χ1n) is 5.22. The molecule has 2 aromatic rings. The Morgan fingerprint density at radius 2 is 2.19 bits per heavy atom. The van der Waals surface area contributed by atoms with Gasteiger partial charge in [-0.25, -0.2) is 0 Å². The summed E-state index contributed by atoms with van der Waals surface area (Å²) >= 11 is 6.21. The minimum Gasteiger partial charge on any atom is -0.382 e. The Morgan fingerprint density at radius 1 is 1.44 bits per heavy atom. The van der Waals surface area contributed by atoms with Gasteiger partial charge in [-0.1, -0.05) is 30.7 Å². The van der Waals surface area contributed by atoms with Crippen molar-refractivity contribution >= 4 is 17.4 Å². The maximum absolute atomic E-state index is 6.21. The summed E-state index contributed by atoms with van der Waals surface area (Å²) in [5.74, 6) is 0.550. The van der Waals surface area contributed by atoms with Crippen molar-refractivity contribution in [3.05, 3.63) is 34.3 Å². The summed E-state index contributed by atoms with van der Waals surface area (Å²) < 4.78 is 0. The van der Waals surface area contributed by atoms with Gasteiger partial charge in [-0.15, -0.1) is 0 Å². The number of nitrogen functional groups attached to an aromatic ring is 1. The van der Waals surface area contributed by atoms with E-state index in [4.69, 9.17) is 17.3 Å². The molecule has 1 heterocycles. The van der Waals surface area contributed by atoms with Gasteiger partial charge in [0, 0.05) is 11.1 Å². The van der Waals surface area contributed by atoms with Crippen LogP contribution in [0.1, 0.15) is 18.1 Å². The molecule has 0 unspecified atom stereocenters. The second kappa shape index (κ2) is 4.18. The quantitative estimate of drug-likeness (QED) is 0.840. The molecule has 1 aromatic heterocycles. The number of halogens is 1. The monoisotopic (exact) mass is 235 g/mol. The van der Waals surface area contributed by atoms with Crippen LogP contribution in [0.25, 0.3) is 11.3 Å². The number of benzene rings is 1. The summed E-state index contributed by atoms with van der Waals surface area (Å²) in [6.45, 7) is 4.06. The molecule has 0 fully saturated rings. The third-order valence-electron chi connectivity index (χ3n) is 2.65. The molecule has 0 atom stereocenters. The SMILES string of the molecule is CCc1c(N)n[nH]c1-c1ccc(C)cc1Cl. The molecule has 0 aliphatic heterocycles. The second-order valence-electron chi connectivity index (χ2n) is 3.80. The standard InChI is InChI=1S/C12H14ClN3/c1-3-8-11(15-16-12(8)14)9-5-4-7(2)6-10(9)13/h4-6H,3H2,1-2H3,(H3,14,15,16). The number of hydrogen-bond acceptors (Lipinski definition) is 2. The highest BCUT2D eigenvalue weighted by atomic mass is 35.5. The fourth-order valence-corrected chi connectivity index (χ4v) is 2.11. The number of H-pyrrole nitrogens is 1. The molecule has 0 radical (unpaired) electrons. The average molecular weight is 236 g/mol. The molecule has 1 aromatic carbocycles. The fourth-order valence-electron chi connectivity index (χ4n) is 1.78. The van der Waals surface area contributed by atoms with E-state index in [0.29, 0.717) is 5.82 Å². The summed E-state index contributed by atoms with van der Waals surface area (Å²) in [7, 11) is 0. The van der Waals surface area contributed by atoms with Crippen LogP contribution >= 0.6 is 11.6 Å². The van der Waals surface area contributed by atoms with Gasteiger partial charge in [0.05, 0.1) is 10.7 Å². The summed E-state index contributed by atoms with van der Waals surface area (Å²) in [4.78, 5) is 0. The highest BCUT2D eigenvalue weighted by Crippen LogP contribution is 2.31. The van der Waals surface area contributed by atoms with Gasteiger partial charge in [-0.3, -0.25) is 5.10 Å². The number of nitrogens with zero attached hydrogens (tertiary/aromatic N) is 1. The Morgan fingerprint density at radius 3 is 2.81 bits per heavy atom. The van der Waals surface area contributed by atoms with Crippen molar-refractivity contribution in [1.29, 1.82) is 0 Å². The lowest BCUT2D eigenvalue weighted by atomic mass is 10.0. The zero-order valence-electron chi connectivity index (χ0n) is 9.34. The van der Waals surface area contributed by atoms with E-state index < -0.39 is 0 Å². The lowest BCUT2D eigenvalue weighted by Crippen LogP contribution is -1.91. The highest BCUT2D eigenvalue weighted by molar-refractivity contribution is 6.33. The number of nitrogens with two attached hydrogens (primary N) is 1. The van der Waals surface area contributed by atoms with Crippen LogP contribution in [0, 0.1) is 6.92 Å². The van der Waals surface area contributed by atoms with Gasteiger partial charge in [-0.05, 0) is 25.0 Å². The van der Waals surface area contributed by atoms with Crippen LogP contribution in [0.15, 0.2) is 18.2 Å². The van der Waals surface area contributed by atoms with Gasteiger partial charge in [0.2, 0.25) is 0 Å². The minimum atomic E-state index is 0.550. The maximum Gasteiger partial charge on any atom is 0.149 e. The molecule has 2 rings (SSSR count). The predicted octanol–water partition coefficient (Wildman–Crippen LogP) is 3.18. The Hall–Kier alpha value is -1.48. The molecule has 0 saturated heterocycles. The molecule has 0 aliphatic carbocycles. The summed E-state index contributed by atoms with van der Waals surface area (Å²) in [5, 5.41) is 7.68. The molecule has 0 bridgehead atoms. The Kier molecular flexibility index (Phi) is 2.88. The van der Waals surface area contributed by atoms with Gasteiger partial charge in [0.1, 0.15) is 5.82 Å². The van der Waals surface area contributed by atoms with Gasteiger partial charge >= 0.3 is 0 Å². The van der Waals surface area contributed by atoms with Crippen molar-refractivity contribution in [1.82, 2.24) is 10.2 Å². The number of rotatable bonds is 2. The molecule has 0 aliphatic rings. The van der Waals surface area contributed by atoms with Gasteiger partial charge in [0.25, 0.3) is 0 Å². The van der Waals surface area contributed by atoms with Gasteiger partial charge in [-0.2, -0.15) is 5.10 Å². The second-order valence-corrected chi connectivity index (χ2v) is 4.21. The zero-order valence-corrected chi connectivity index (χ0v) is 10.1. The third-order valence-corrected chi connectivity index (χ3v) is 2.96. The molecular weight excluding hydrogens is 222 g/mol. The predicted molar refractivity (Wildman–Crippen MR) is 67.6 cm³/mol. The molecule has 3 N–H and O–H groups in total. The van der Waals surface area contributed by atoms with Crippen molar-refractivity contribution in [3.8, 4) is 11.3 Å². The molecular formula is C12H14ClN3. The van der Waals surface area contributed by atoms with Crippen molar-refractivity contribution in [3.63, 3.8) is 0 Å². The smallest absolute Gasteiger partial charge is 0.149 e. The van der Waals surface area contributed by atoms with Crippen molar-refractivity contribution in [2.45, 2.75) is 20.3 Å². The van der Waals surface area contributed by atoms with Crippen LogP contribution in [0.4, 0.5) is 5.82 Å². The van der Waals surface area contributed by atoms with Crippen molar-refractivity contribution in [2.75, 3.05) is 5.73 Å². The lowest BCUT2D eigenvalue weighted by molar-refractivity contribution is 1.10. The van der Waals surface area contributed by atoms with E-state index in [1.165, 1.54) is 0 Å². The number of aryl methyl sites for hydroxylation is 1. The van der Waals surface area contributed by atoms with Crippen LogP contribution in [-0.4, -0.2) is 10.2 Å². The molecule has 4 heteroatoms. The summed E-state index contributed by atoms with van der Waals surface area (Å²) in [5.41, 5.74) is 9.81. The zero-order chi connectivity index (χ0) is 11.7. The number of nitrogens with one attached hydrogen (secondary N) is 1. The number of aromatic nitrogens is 2. The highest BCUT2D eigenvalue weighted by Gasteiger charge is 2.13. The third kappa shape index (κ3) is 1.78. The largest absolute Gasteiger partial charge is 0.382 e. The first kappa shape index (κ1) is 11.0. The molecule has 0 saturated carbocycles. The molecule has 3 nitrogen and oxygen atoms in total. The maximum atomic E-state index is 6.21. The van der Waals surface area contributed by atoms with Crippen molar-refractivity contribution < 1.29 is 0 Å². The van der Waals surface area contributed by atoms with Crippen LogP contribution < -0.4 is 5.73 Å². The van der Waals surface area contributed by atoms with Gasteiger partial charge in [0.15, 0.2) is 0 Å².